The standard InChI is InChI=1S/C19H16FNOS/c1-2-13-11-15-5-3-4-6-17(15)21-19(13)23-12-18(22)14-7-9-16(20)10-8-14/h3-11H,2,12H2,1H3. The highest BCUT2D eigenvalue weighted by Gasteiger charge is 2.11. The molecule has 0 spiro atoms. The molecule has 0 saturated heterocycles. The molecule has 23 heavy (non-hydrogen) atoms. The molecule has 0 N–H and O–H groups in total. The van der Waals surface area contributed by atoms with Crippen LogP contribution in [0.15, 0.2) is 59.6 Å². The van der Waals surface area contributed by atoms with E-state index in [-0.39, 0.29) is 11.6 Å². The highest BCUT2D eigenvalue weighted by atomic mass is 32.2. The van der Waals surface area contributed by atoms with Crippen molar-refractivity contribution >= 4 is 28.4 Å². The molecule has 0 bridgehead atoms. The Bertz CT molecular complexity index is 846. The van der Waals surface area contributed by atoms with Gasteiger partial charge < -0.3 is 0 Å². The van der Waals surface area contributed by atoms with Crippen LogP contribution in [-0.2, 0) is 6.42 Å². The summed E-state index contributed by atoms with van der Waals surface area (Å²) in [6, 6.07) is 15.8. The van der Waals surface area contributed by atoms with Gasteiger partial charge in [0.1, 0.15) is 10.8 Å². The SMILES string of the molecule is CCc1cc2ccccc2nc1SCC(=O)c1ccc(F)cc1. The molecule has 2 aromatic carbocycles. The minimum Gasteiger partial charge on any atom is -0.293 e. The van der Waals surface area contributed by atoms with Crippen LogP contribution in [0.5, 0.6) is 0 Å². The van der Waals surface area contributed by atoms with E-state index < -0.39 is 0 Å². The van der Waals surface area contributed by atoms with Gasteiger partial charge in [-0.3, -0.25) is 4.79 Å². The number of hydrogen-bond donors (Lipinski definition) is 0. The molecule has 0 radical (unpaired) electrons. The number of thioether (sulfide) groups is 1. The number of pyridine rings is 1. The van der Waals surface area contributed by atoms with Crippen molar-refractivity contribution in [3.63, 3.8) is 0 Å². The highest BCUT2D eigenvalue weighted by molar-refractivity contribution is 8.00. The average Bonchev–Trinajstić information content (AvgIpc) is 2.59. The molecule has 2 nitrogen and oxygen atoms in total. The van der Waals surface area contributed by atoms with E-state index in [0.717, 1.165) is 27.9 Å². The summed E-state index contributed by atoms with van der Waals surface area (Å²) in [6.45, 7) is 2.08. The summed E-state index contributed by atoms with van der Waals surface area (Å²) in [5.74, 6) is -0.0602. The number of ketones is 1. The smallest absolute Gasteiger partial charge is 0.173 e. The molecule has 3 aromatic rings. The van der Waals surface area contributed by atoms with Crippen molar-refractivity contribution < 1.29 is 9.18 Å². The van der Waals surface area contributed by atoms with Crippen molar-refractivity contribution in [3.05, 3.63) is 71.5 Å². The van der Waals surface area contributed by atoms with Crippen LogP contribution in [0.4, 0.5) is 4.39 Å². The molecule has 0 amide bonds. The summed E-state index contributed by atoms with van der Waals surface area (Å²) >= 11 is 1.44. The molecule has 0 saturated carbocycles. The van der Waals surface area contributed by atoms with Crippen LogP contribution in [0.3, 0.4) is 0 Å². The minimum absolute atomic E-state index is 0.0213. The molecule has 0 unspecified atom stereocenters. The van der Waals surface area contributed by atoms with E-state index in [9.17, 15) is 9.18 Å². The van der Waals surface area contributed by atoms with Crippen molar-refractivity contribution in [1.82, 2.24) is 4.98 Å². The van der Waals surface area contributed by atoms with Crippen molar-refractivity contribution in [2.45, 2.75) is 18.4 Å². The number of carbonyl (C=O) groups is 1. The van der Waals surface area contributed by atoms with Crippen LogP contribution in [0.1, 0.15) is 22.8 Å². The van der Waals surface area contributed by atoms with Gasteiger partial charge in [-0.2, -0.15) is 0 Å². The van der Waals surface area contributed by atoms with Gasteiger partial charge in [0.15, 0.2) is 5.78 Å². The van der Waals surface area contributed by atoms with Gasteiger partial charge in [-0.15, -0.1) is 0 Å². The Morgan fingerprint density at radius 2 is 1.87 bits per heavy atom. The zero-order valence-corrected chi connectivity index (χ0v) is 13.6. The third-order valence-corrected chi connectivity index (χ3v) is 4.68. The van der Waals surface area contributed by atoms with Crippen LogP contribution in [0.2, 0.25) is 0 Å². The molecule has 0 aliphatic carbocycles. The number of rotatable bonds is 5. The van der Waals surface area contributed by atoms with Crippen molar-refractivity contribution in [1.29, 1.82) is 0 Å². The van der Waals surface area contributed by atoms with Crippen LogP contribution in [0, 0.1) is 5.82 Å². The van der Waals surface area contributed by atoms with Gasteiger partial charge in [-0.05, 0) is 48.4 Å². The van der Waals surface area contributed by atoms with Gasteiger partial charge in [-0.1, -0.05) is 36.9 Å². The van der Waals surface area contributed by atoms with Crippen molar-refractivity contribution in [3.8, 4) is 0 Å². The first kappa shape index (κ1) is 15.7. The first-order valence-electron chi connectivity index (χ1n) is 7.47. The lowest BCUT2D eigenvalue weighted by Gasteiger charge is -2.08. The predicted molar refractivity (Wildman–Crippen MR) is 92.6 cm³/mol. The summed E-state index contributed by atoms with van der Waals surface area (Å²) < 4.78 is 12.9. The Morgan fingerprint density at radius 3 is 2.61 bits per heavy atom. The number of aromatic nitrogens is 1. The number of carbonyl (C=O) groups excluding carboxylic acids is 1. The van der Waals surface area contributed by atoms with Gasteiger partial charge in [0.05, 0.1) is 11.3 Å². The normalized spacial score (nSPS) is 10.9. The monoisotopic (exact) mass is 325 g/mol. The Hall–Kier alpha value is -2.20. The number of halogens is 1. The number of hydrogen-bond acceptors (Lipinski definition) is 3. The average molecular weight is 325 g/mol. The fourth-order valence-corrected chi connectivity index (χ4v) is 3.36. The molecule has 3 rings (SSSR count). The highest BCUT2D eigenvalue weighted by Crippen LogP contribution is 2.26. The lowest BCUT2D eigenvalue weighted by Crippen LogP contribution is -2.03. The van der Waals surface area contributed by atoms with Crippen LogP contribution >= 0.6 is 11.8 Å². The Kier molecular flexibility index (Phi) is 4.72. The molecular weight excluding hydrogens is 309 g/mol. The number of fused-ring (bicyclic) bond motifs is 1. The number of para-hydroxylation sites is 1. The second-order valence-corrected chi connectivity index (χ2v) is 6.18. The second kappa shape index (κ2) is 6.92. The maximum atomic E-state index is 12.9. The number of Topliss-reactive ketones (excluding diaryl/α,β-unsaturated/α-hetero) is 1. The Balaban J connectivity index is 1.80. The molecule has 1 aromatic heterocycles. The largest absolute Gasteiger partial charge is 0.293 e. The molecule has 1 heterocycles. The van der Waals surface area contributed by atoms with E-state index in [1.165, 1.54) is 36.0 Å². The third-order valence-electron chi connectivity index (χ3n) is 3.65. The maximum Gasteiger partial charge on any atom is 0.173 e. The van der Waals surface area contributed by atoms with Crippen LogP contribution < -0.4 is 0 Å². The van der Waals surface area contributed by atoms with Gasteiger partial charge in [0.2, 0.25) is 0 Å². The predicted octanol–water partition coefficient (Wildman–Crippen LogP) is 4.91. The van der Waals surface area contributed by atoms with Gasteiger partial charge >= 0.3 is 0 Å². The van der Waals surface area contributed by atoms with Crippen molar-refractivity contribution in [2.24, 2.45) is 0 Å². The Morgan fingerprint density at radius 1 is 1.13 bits per heavy atom. The van der Waals surface area contributed by atoms with E-state index in [4.69, 9.17) is 0 Å². The van der Waals surface area contributed by atoms with Gasteiger partial charge in [0.25, 0.3) is 0 Å². The first-order valence-corrected chi connectivity index (χ1v) is 8.46. The lowest BCUT2D eigenvalue weighted by atomic mass is 10.1. The van der Waals surface area contributed by atoms with E-state index in [0.29, 0.717) is 11.3 Å². The number of aryl methyl sites for hydroxylation is 1. The van der Waals surface area contributed by atoms with Crippen LogP contribution in [0.25, 0.3) is 10.9 Å². The second-order valence-electron chi connectivity index (χ2n) is 5.22. The maximum absolute atomic E-state index is 12.9. The zero-order chi connectivity index (χ0) is 16.2. The van der Waals surface area contributed by atoms with E-state index in [1.807, 2.05) is 24.3 Å². The van der Waals surface area contributed by atoms with E-state index in [1.54, 1.807) is 0 Å². The quantitative estimate of drug-likeness (QED) is 0.493. The summed E-state index contributed by atoms with van der Waals surface area (Å²) in [4.78, 5) is 16.9. The first-order chi connectivity index (χ1) is 11.2. The topological polar surface area (TPSA) is 30.0 Å². The van der Waals surface area contributed by atoms with Gasteiger partial charge in [-0.25, -0.2) is 9.37 Å². The van der Waals surface area contributed by atoms with Gasteiger partial charge in [0, 0.05) is 10.9 Å². The fourth-order valence-electron chi connectivity index (χ4n) is 2.37. The molecule has 0 fully saturated rings. The summed E-state index contributed by atoms with van der Waals surface area (Å²) in [7, 11) is 0. The van der Waals surface area contributed by atoms with E-state index >= 15 is 0 Å². The molecule has 0 aliphatic heterocycles. The lowest BCUT2D eigenvalue weighted by molar-refractivity contribution is 0.102. The van der Waals surface area contributed by atoms with Crippen LogP contribution in [-0.4, -0.2) is 16.5 Å². The molecule has 116 valence electrons. The molecule has 0 atom stereocenters. The summed E-state index contributed by atoms with van der Waals surface area (Å²) in [5.41, 5.74) is 2.60. The van der Waals surface area contributed by atoms with E-state index in [2.05, 4.69) is 18.0 Å². The number of nitrogens with zero attached hydrogens (tertiary/aromatic N) is 1. The zero-order valence-electron chi connectivity index (χ0n) is 12.8. The summed E-state index contributed by atoms with van der Waals surface area (Å²) in [5, 5.41) is 2.00. The Labute approximate surface area is 138 Å². The number of benzene rings is 2. The molecule has 0 aliphatic rings. The molecular formula is C19H16FNOS. The third kappa shape index (κ3) is 3.59. The van der Waals surface area contributed by atoms with Crippen molar-refractivity contribution in [2.75, 3.05) is 5.75 Å². The minimum atomic E-state index is -0.335. The fraction of sp³-hybridized carbons (Fsp3) is 0.158. The molecule has 4 heteroatoms. The summed E-state index contributed by atoms with van der Waals surface area (Å²) in [6.07, 6.45) is 0.866.